The van der Waals surface area contributed by atoms with E-state index in [-0.39, 0.29) is 31.1 Å². The van der Waals surface area contributed by atoms with Crippen LogP contribution in [0.2, 0.25) is 0 Å². The topological polar surface area (TPSA) is 78.9 Å². The summed E-state index contributed by atoms with van der Waals surface area (Å²) in [6.07, 6.45) is 59.3. The summed E-state index contributed by atoms with van der Waals surface area (Å²) in [5.41, 5.74) is 0. The summed E-state index contributed by atoms with van der Waals surface area (Å²) < 4.78 is 16.7. The largest absolute Gasteiger partial charge is 0.462 e. The lowest BCUT2D eigenvalue weighted by Gasteiger charge is -2.18. The molecule has 0 aromatic carbocycles. The number of hydrogen-bond donors (Lipinski definition) is 0. The Bertz CT molecular complexity index is 1100. The first-order valence-electron chi connectivity index (χ1n) is 25.3. The molecule has 0 rings (SSSR count). The van der Waals surface area contributed by atoms with Gasteiger partial charge in [0.05, 0.1) is 0 Å². The fourth-order valence-corrected chi connectivity index (χ4v) is 7.02. The lowest BCUT2D eigenvalue weighted by Crippen LogP contribution is -2.30. The summed E-state index contributed by atoms with van der Waals surface area (Å²) in [7, 11) is 0. The minimum atomic E-state index is -0.785. The molecule has 0 heterocycles. The molecule has 60 heavy (non-hydrogen) atoms. The molecule has 6 heteroatoms. The molecule has 0 bridgehead atoms. The summed E-state index contributed by atoms with van der Waals surface area (Å²) in [5, 5.41) is 0. The zero-order valence-electron chi connectivity index (χ0n) is 39.5. The van der Waals surface area contributed by atoms with E-state index < -0.39 is 6.10 Å². The second kappa shape index (κ2) is 48.8. The van der Waals surface area contributed by atoms with Crippen molar-refractivity contribution in [3.63, 3.8) is 0 Å². The van der Waals surface area contributed by atoms with Gasteiger partial charge in [-0.25, -0.2) is 0 Å². The van der Waals surface area contributed by atoms with Crippen LogP contribution in [-0.4, -0.2) is 37.2 Å². The maximum absolute atomic E-state index is 12.8. The third-order valence-corrected chi connectivity index (χ3v) is 10.8. The van der Waals surface area contributed by atoms with Crippen LogP contribution in [0.15, 0.2) is 60.8 Å². The predicted molar refractivity (Wildman–Crippen MR) is 256 cm³/mol. The lowest BCUT2D eigenvalue weighted by atomic mass is 10.0. The molecule has 0 spiro atoms. The van der Waals surface area contributed by atoms with E-state index in [0.29, 0.717) is 19.3 Å². The second-order valence-electron chi connectivity index (χ2n) is 16.7. The number of rotatable bonds is 45. The number of unbranched alkanes of at least 4 members (excludes halogenated alkanes) is 24. The lowest BCUT2D eigenvalue weighted by molar-refractivity contribution is -0.167. The van der Waals surface area contributed by atoms with Crippen LogP contribution < -0.4 is 0 Å². The zero-order chi connectivity index (χ0) is 43.7. The monoisotopic (exact) mass is 839 g/mol. The van der Waals surface area contributed by atoms with E-state index in [9.17, 15) is 14.4 Å². The van der Waals surface area contributed by atoms with Gasteiger partial charge in [0.1, 0.15) is 13.2 Å². The SMILES string of the molecule is CC/C=C\C/C=C\C/C=C\CCCCCCCCCCCC(=O)OCC(COC(=O)CCCC/C=C\C/C=C\CC)OC(=O)CCCCCCCCCCCCCCCC. The summed E-state index contributed by atoms with van der Waals surface area (Å²) in [6, 6.07) is 0. The van der Waals surface area contributed by atoms with Crippen LogP contribution in [0.3, 0.4) is 0 Å². The molecule has 0 aliphatic carbocycles. The highest BCUT2D eigenvalue weighted by Crippen LogP contribution is 2.15. The van der Waals surface area contributed by atoms with Crippen molar-refractivity contribution in [1.82, 2.24) is 0 Å². The van der Waals surface area contributed by atoms with Crippen molar-refractivity contribution in [2.24, 2.45) is 0 Å². The molecule has 0 aliphatic rings. The third kappa shape index (κ3) is 46.2. The Morgan fingerprint density at radius 3 is 1.05 bits per heavy atom. The Morgan fingerprint density at radius 1 is 0.350 bits per heavy atom. The Hall–Kier alpha value is -2.89. The molecule has 0 amide bonds. The van der Waals surface area contributed by atoms with Crippen LogP contribution >= 0.6 is 0 Å². The smallest absolute Gasteiger partial charge is 0.306 e. The minimum Gasteiger partial charge on any atom is -0.462 e. The van der Waals surface area contributed by atoms with Crippen LogP contribution in [0.4, 0.5) is 0 Å². The van der Waals surface area contributed by atoms with Gasteiger partial charge >= 0.3 is 17.9 Å². The van der Waals surface area contributed by atoms with Crippen molar-refractivity contribution in [3.05, 3.63) is 60.8 Å². The van der Waals surface area contributed by atoms with Crippen molar-refractivity contribution in [1.29, 1.82) is 0 Å². The first-order valence-corrected chi connectivity index (χ1v) is 25.3. The van der Waals surface area contributed by atoms with E-state index >= 15 is 0 Å². The Morgan fingerprint density at radius 2 is 0.650 bits per heavy atom. The highest BCUT2D eigenvalue weighted by molar-refractivity contribution is 5.71. The highest BCUT2D eigenvalue weighted by Gasteiger charge is 2.19. The van der Waals surface area contributed by atoms with E-state index in [2.05, 4.69) is 81.5 Å². The standard InChI is InChI=1S/C54H94O6/c1-4-7-10-13-16-19-21-23-25-26-27-28-29-31-32-35-38-41-44-47-53(56)59-50-51(49-58-52(55)46-43-40-37-34-18-15-12-9-6-3)60-54(57)48-45-42-39-36-33-30-24-22-20-17-14-11-8-5-2/h7,9-10,12,16,18-19,23,25,34,51H,4-6,8,11,13-15,17,20-22,24,26-33,35-50H2,1-3H3/b10-7-,12-9-,19-16-,25-23-,34-18-. The van der Waals surface area contributed by atoms with Crippen molar-refractivity contribution in [2.45, 2.75) is 252 Å². The molecule has 1 unspecified atom stereocenters. The number of esters is 3. The predicted octanol–water partition coefficient (Wildman–Crippen LogP) is 16.5. The van der Waals surface area contributed by atoms with Crippen LogP contribution in [0.1, 0.15) is 245 Å². The quantitative estimate of drug-likeness (QED) is 0.0263. The Labute approximate surface area is 370 Å². The number of allylic oxidation sites excluding steroid dienone is 10. The molecule has 346 valence electrons. The van der Waals surface area contributed by atoms with Crippen molar-refractivity contribution in [3.8, 4) is 0 Å². The molecule has 0 aromatic heterocycles. The number of carbonyl (C=O) groups excluding carboxylic acids is 3. The minimum absolute atomic E-state index is 0.0857. The van der Waals surface area contributed by atoms with E-state index in [4.69, 9.17) is 14.2 Å². The van der Waals surface area contributed by atoms with Crippen LogP contribution in [0, 0.1) is 0 Å². The zero-order valence-corrected chi connectivity index (χ0v) is 39.5. The van der Waals surface area contributed by atoms with Gasteiger partial charge in [-0.05, 0) is 77.0 Å². The third-order valence-electron chi connectivity index (χ3n) is 10.8. The number of carbonyl (C=O) groups is 3. The maximum Gasteiger partial charge on any atom is 0.306 e. The van der Waals surface area contributed by atoms with Crippen LogP contribution in [0.5, 0.6) is 0 Å². The van der Waals surface area contributed by atoms with Gasteiger partial charge in [-0.3, -0.25) is 14.4 Å². The fraction of sp³-hybridized carbons (Fsp3) is 0.759. The van der Waals surface area contributed by atoms with Gasteiger partial charge in [0.2, 0.25) is 0 Å². The molecular formula is C54H94O6. The van der Waals surface area contributed by atoms with E-state index in [1.165, 1.54) is 116 Å². The van der Waals surface area contributed by atoms with Gasteiger partial charge in [0, 0.05) is 19.3 Å². The van der Waals surface area contributed by atoms with Crippen LogP contribution in [-0.2, 0) is 28.6 Å². The van der Waals surface area contributed by atoms with Crippen molar-refractivity contribution in [2.75, 3.05) is 13.2 Å². The van der Waals surface area contributed by atoms with E-state index in [0.717, 1.165) is 89.9 Å². The molecule has 0 N–H and O–H groups in total. The molecule has 6 nitrogen and oxygen atoms in total. The molecule has 0 saturated carbocycles. The van der Waals surface area contributed by atoms with Gasteiger partial charge in [-0.1, -0.05) is 210 Å². The molecular weight excluding hydrogens is 745 g/mol. The average Bonchev–Trinajstić information content (AvgIpc) is 3.24. The summed E-state index contributed by atoms with van der Waals surface area (Å²) >= 11 is 0. The summed E-state index contributed by atoms with van der Waals surface area (Å²) in [5.74, 6) is -0.925. The molecule has 0 saturated heterocycles. The Balaban J connectivity index is 4.31. The second-order valence-corrected chi connectivity index (χ2v) is 16.7. The molecule has 0 radical (unpaired) electrons. The summed E-state index contributed by atoms with van der Waals surface area (Å²) in [6.45, 7) is 6.38. The van der Waals surface area contributed by atoms with Crippen molar-refractivity contribution < 1.29 is 28.6 Å². The summed E-state index contributed by atoms with van der Waals surface area (Å²) in [4.78, 5) is 37.8. The first kappa shape index (κ1) is 57.1. The molecule has 1 atom stereocenters. The number of ether oxygens (including phenoxy) is 3. The average molecular weight is 839 g/mol. The van der Waals surface area contributed by atoms with Gasteiger partial charge in [0.25, 0.3) is 0 Å². The van der Waals surface area contributed by atoms with Gasteiger partial charge in [-0.15, -0.1) is 0 Å². The fourth-order valence-electron chi connectivity index (χ4n) is 7.02. The van der Waals surface area contributed by atoms with Gasteiger partial charge < -0.3 is 14.2 Å². The van der Waals surface area contributed by atoms with Crippen LogP contribution in [0.25, 0.3) is 0 Å². The maximum atomic E-state index is 12.8. The molecule has 0 fully saturated rings. The van der Waals surface area contributed by atoms with E-state index in [1.807, 2.05) is 0 Å². The Kier molecular flexibility index (Phi) is 46.4. The first-order chi connectivity index (χ1) is 29.5. The highest BCUT2D eigenvalue weighted by atomic mass is 16.6. The number of hydrogen-bond acceptors (Lipinski definition) is 6. The molecule has 0 aliphatic heterocycles. The van der Waals surface area contributed by atoms with Gasteiger partial charge in [-0.2, -0.15) is 0 Å². The van der Waals surface area contributed by atoms with Crippen molar-refractivity contribution >= 4 is 17.9 Å². The van der Waals surface area contributed by atoms with E-state index in [1.54, 1.807) is 0 Å². The van der Waals surface area contributed by atoms with Gasteiger partial charge in [0.15, 0.2) is 6.10 Å². The molecule has 0 aromatic rings. The normalized spacial score (nSPS) is 12.5.